The summed E-state index contributed by atoms with van der Waals surface area (Å²) in [7, 11) is -5.80. The third-order valence-electron chi connectivity index (χ3n) is 6.11. The fourth-order valence-corrected chi connectivity index (χ4v) is 4.33. The van der Waals surface area contributed by atoms with Crippen molar-refractivity contribution in [2.24, 2.45) is 5.92 Å². The molecular formula is C25H26F6O3S. The molecule has 3 nitrogen and oxygen atoms in total. The van der Waals surface area contributed by atoms with Gasteiger partial charge in [0, 0.05) is 11.0 Å². The van der Waals surface area contributed by atoms with Crippen LogP contribution in [0.3, 0.4) is 0 Å². The predicted molar refractivity (Wildman–Crippen MR) is 121 cm³/mol. The summed E-state index contributed by atoms with van der Waals surface area (Å²) in [5, 5.41) is 0. The monoisotopic (exact) mass is 520 g/mol. The van der Waals surface area contributed by atoms with Crippen LogP contribution in [0.15, 0.2) is 36.4 Å². The zero-order valence-corrected chi connectivity index (χ0v) is 20.7. The van der Waals surface area contributed by atoms with Gasteiger partial charge in [-0.15, -0.1) is 0 Å². The molecule has 0 radical (unpaired) electrons. The topological polar surface area (TPSA) is 43.4 Å². The van der Waals surface area contributed by atoms with Gasteiger partial charge in [-0.3, -0.25) is 0 Å². The number of halogens is 6. The van der Waals surface area contributed by atoms with Crippen LogP contribution in [0.4, 0.5) is 26.3 Å². The van der Waals surface area contributed by atoms with Crippen LogP contribution in [-0.2, 0) is 15.5 Å². The summed E-state index contributed by atoms with van der Waals surface area (Å²) in [5.41, 5.74) is -3.18. The number of rotatable bonds is 6. The first kappa shape index (κ1) is 28.6. The number of alkyl halides is 6. The fraction of sp³-hybridized carbons (Fsp3) is 0.440. The molecular weight excluding hydrogens is 494 g/mol. The minimum Gasteiger partial charge on any atom is -0.376 e. The van der Waals surface area contributed by atoms with Gasteiger partial charge in [0.05, 0.1) is 0 Å². The molecule has 0 aliphatic carbocycles. The van der Waals surface area contributed by atoms with E-state index in [0.29, 0.717) is 24.0 Å². The maximum Gasteiger partial charge on any atom is 0.534 e. The minimum atomic E-state index is -5.80. The molecule has 0 heterocycles. The van der Waals surface area contributed by atoms with E-state index in [0.717, 1.165) is 18.1 Å². The van der Waals surface area contributed by atoms with E-state index in [9.17, 15) is 34.8 Å². The molecule has 2 rings (SSSR count). The van der Waals surface area contributed by atoms with Crippen LogP contribution in [0.2, 0.25) is 0 Å². The van der Waals surface area contributed by atoms with E-state index >= 15 is 0 Å². The largest absolute Gasteiger partial charge is 0.534 e. The van der Waals surface area contributed by atoms with Crippen molar-refractivity contribution in [3.05, 3.63) is 64.2 Å². The van der Waals surface area contributed by atoms with Crippen molar-refractivity contribution in [2.45, 2.75) is 64.6 Å². The highest BCUT2D eigenvalue weighted by atomic mass is 32.2. The molecule has 0 spiro atoms. The average Bonchev–Trinajstić information content (AvgIpc) is 2.74. The van der Waals surface area contributed by atoms with Gasteiger partial charge in [0.1, 0.15) is 11.7 Å². The lowest BCUT2D eigenvalue weighted by Gasteiger charge is -2.34. The fourth-order valence-electron chi connectivity index (χ4n) is 3.81. The normalized spacial score (nSPS) is 13.7. The minimum absolute atomic E-state index is 0.210. The first-order valence-corrected chi connectivity index (χ1v) is 12.2. The highest BCUT2D eigenvalue weighted by Crippen LogP contribution is 2.41. The summed E-state index contributed by atoms with van der Waals surface area (Å²) in [6.45, 7) is 8.06. The van der Waals surface area contributed by atoms with Crippen molar-refractivity contribution < 1.29 is 38.9 Å². The summed E-state index contributed by atoms with van der Waals surface area (Å²) in [5.74, 6) is 2.62. The zero-order valence-electron chi connectivity index (χ0n) is 19.9. The van der Waals surface area contributed by atoms with Gasteiger partial charge in [-0.2, -0.15) is 34.8 Å². The Hall–Kier alpha value is -2.67. The summed E-state index contributed by atoms with van der Waals surface area (Å²) in [6.07, 6.45) is -3.22. The van der Waals surface area contributed by atoms with Crippen LogP contribution in [0, 0.1) is 31.6 Å². The van der Waals surface area contributed by atoms with Gasteiger partial charge in [-0.05, 0) is 68.0 Å². The number of benzene rings is 2. The SMILES string of the molecule is CCC(CC)(c1ccc(C#CC(C)C(F)(F)F)c(C)c1)c1ccc(OS(=O)(=O)C(F)(F)F)c(C)c1. The second-order valence-corrected chi connectivity index (χ2v) is 9.85. The summed E-state index contributed by atoms with van der Waals surface area (Å²) in [4.78, 5) is 0. The molecule has 0 amide bonds. The Morgan fingerprint density at radius 1 is 0.886 bits per heavy atom. The maximum atomic E-state index is 12.8. The second-order valence-electron chi connectivity index (χ2n) is 8.32. The highest BCUT2D eigenvalue weighted by Gasteiger charge is 2.48. The van der Waals surface area contributed by atoms with Crippen molar-refractivity contribution >= 4 is 10.1 Å². The molecule has 0 fully saturated rings. The average molecular weight is 521 g/mol. The van der Waals surface area contributed by atoms with Crippen molar-refractivity contribution in [1.29, 1.82) is 0 Å². The molecule has 0 aromatic heterocycles. The smallest absolute Gasteiger partial charge is 0.376 e. The molecule has 0 N–H and O–H groups in total. The van der Waals surface area contributed by atoms with E-state index < -0.39 is 38.9 Å². The van der Waals surface area contributed by atoms with Gasteiger partial charge < -0.3 is 4.18 Å². The van der Waals surface area contributed by atoms with Crippen molar-refractivity contribution in [3.63, 3.8) is 0 Å². The van der Waals surface area contributed by atoms with Crippen LogP contribution in [-0.4, -0.2) is 20.1 Å². The summed E-state index contributed by atoms with van der Waals surface area (Å²) >= 11 is 0. The summed E-state index contributed by atoms with van der Waals surface area (Å²) < 4.78 is 103. The molecule has 0 saturated heterocycles. The third kappa shape index (κ3) is 6.13. The molecule has 192 valence electrons. The zero-order chi connectivity index (χ0) is 26.8. The molecule has 10 heteroatoms. The van der Waals surface area contributed by atoms with Gasteiger partial charge in [0.25, 0.3) is 0 Å². The number of aryl methyl sites for hydroxylation is 2. The van der Waals surface area contributed by atoms with Gasteiger partial charge in [-0.1, -0.05) is 50.0 Å². The second kappa shape index (κ2) is 10.1. The molecule has 2 aromatic rings. The third-order valence-corrected chi connectivity index (χ3v) is 7.08. The maximum absolute atomic E-state index is 12.8. The number of hydrogen-bond acceptors (Lipinski definition) is 3. The van der Waals surface area contributed by atoms with E-state index in [1.54, 1.807) is 25.1 Å². The molecule has 2 aromatic carbocycles. The molecule has 0 bridgehead atoms. The lowest BCUT2D eigenvalue weighted by atomic mass is 9.70. The Morgan fingerprint density at radius 3 is 1.83 bits per heavy atom. The van der Waals surface area contributed by atoms with Crippen LogP contribution >= 0.6 is 0 Å². The van der Waals surface area contributed by atoms with Crippen molar-refractivity contribution in [2.75, 3.05) is 0 Å². The van der Waals surface area contributed by atoms with Gasteiger partial charge in [0.15, 0.2) is 0 Å². The lowest BCUT2D eigenvalue weighted by molar-refractivity contribution is -0.153. The first-order valence-electron chi connectivity index (χ1n) is 10.8. The van der Waals surface area contributed by atoms with Crippen molar-refractivity contribution in [1.82, 2.24) is 0 Å². The van der Waals surface area contributed by atoms with E-state index in [2.05, 4.69) is 16.0 Å². The predicted octanol–water partition coefficient (Wildman–Crippen LogP) is 7.19. The van der Waals surface area contributed by atoms with E-state index in [-0.39, 0.29) is 5.56 Å². The van der Waals surface area contributed by atoms with E-state index in [4.69, 9.17) is 0 Å². The van der Waals surface area contributed by atoms with Gasteiger partial charge >= 0.3 is 21.8 Å². The summed E-state index contributed by atoms with van der Waals surface area (Å²) in [6, 6.07) is 9.57. The van der Waals surface area contributed by atoms with Crippen LogP contribution in [0.5, 0.6) is 5.75 Å². The Bertz CT molecular complexity index is 1230. The lowest BCUT2D eigenvalue weighted by Crippen LogP contribution is -2.29. The molecule has 0 aliphatic rings. The van der Waals surface area contributed by atoms with E-state index in [1.165, 1.54) is 19.1 Å². The van der Waals surface area contributed by atoms with Gasteiger partial charge in [-0.25, -0.2) is 0 Å². The molecule has 0 aliphatic heterocycles. The molecule has 1 atom stereocenters. The standard InChI is InChI=1S/C25H26F6O3S/c1-6-23(7-2,20-11-10-19(16(3)14-20)9-8-18(5)24(26,27)28)21-12-13-22(17(4)15-21)34-35(32,33)25(29,30)31/h10-15,18H,6-7H2,1-5H3. The molecule has 1 unspecified atom stereocenters. The van der Waals surface area contributed by atoms with Crippen molar-refractivity contribution in [3.8, 4) is 17.6 Å². The van der Waals surface area contributed by atoms with Gasteiger partial charge in [0.2, 0.25) is 0 Å². The first-order chi connectivity index (χ1) is 16.0. The number of hydrogen-bond donors (Lipinski definition) is 0. The molecule has 0 saturated carbocycles. The van der Waals surface area contributed by atoms with Crippen LogP contribution in [0.25, 0.3) is 0 Å². The Labute approximate surface area is 201 Å². The highest BCUT2D eigenvalue weighted by molar-refractivity contribution is 7.88. The Kier molecular flexibility index (Phi) is 8.27. The molecule has 35 heavy (non-hydrogen) atoms. The quantitative estimate of drug-likeness (QED) is 0.175. The Morgan fingerprint density at radius 2 is 1.40 bits per heavy atom. The Balaban J connectivity index is 2.49. The van der Waals surface area contributed by atoms with E-state index in [1.807, 2.05) is 19.9 Å². The van der Waals surface area contributed by atoms with Crippen LogP contribution in [0.1, 0.15) is 61.4 Å². The van der Waals surface area contributed by atoms with Crippen LogP contribution < -0.4 is 4.18 Å².